The predicted molar refractivity (Wildman–Crippen MR) is 82.6 cm³/mol. The molecule has 2 aromatic carbocycles. The summed E-state index contributed by atoms with van der Waals surface area (Å²) in [6.07, 6.45) is 0.594. The van der Waals surface area contributed by atoms with Crippen molar-refractivity contribution in [1.29, 1.82) is 0 Å². The lowest BCUT2D eigenvalue weighted by Crippen LogP contribution is -2.30. The van der Waals surface area contributed by atoms with Gasteiger partial charge in [-0.25, -0.2) is 4.39 Å². The minimum absolute atomic E-state index is 0.318. The van der Waals surface area contributed by atoms with Gasteiger partial charge in [0.15, 0.2) is 0 Å². The molecule has 3 nitrogen and oxygen atoms in total. The first kappa shape index (κ1) is 15.5. The number of aryl methyl sites for hydroxylation is 2. The van der Waals surface area contributed by atoms with Gasteiger partial charge in [0.1, 0.15) is 11.6 Å². The first-order valence-corrected chi connectivity index (χ1v) is 6.91. The van der Waals surface area contributed by atoms with Gasteiger partial charge >= 0.3 is 0 Å². The van der Waals surface area contributed by atoms with E-state index in [-0.39, 0.29) is 11.9 Å². The second kappa shape index (κ2) is 6.70. The Labute approximate surface area is 124 Å². The molecule has 0 amide bonds. The third-order valence-corrected chi connectivity index (χ3v) is 3.50. The molecule has 0 spiro atoms. The predicted octanol–water partition coefficient (Wildman–Crippen LogP) is 3.20. The van der Waals surface area contributed by atoms with Gasteiger partial charge in [-0.05, 0) is 38.0 Å². The quantitative estimate of drug-likeness (QED) is 0.656. The summed E-state index contributed by atoms with van der Waals surface area (Å²) in [6.45, 7) is 4.09. The molecule has 0 fully saturated rings. The number of ether oxygens (including phenoxy) is 1. The Hall–Kier alpha value is -1.91. The van der Waals surface area contributed by atoms with E-state index in [0.29, 0.717) is 17.7 Å². The number of hydrogen-bond donors (Lipinski definition) is 2. The Morgan fingerprint density at radius 1 is 1.19 bits per heavy atom. The number of halogens is 1. The van der Waals surface area contributed by atoms with Crippen molar-refractivity contribution in [2.45, 2.75) is 26.3 Å². The van der Waals surface area contributed by atoms with Crippen LogP contribution in [-0.2, 0) is 6.42 Å². The summed E-state index contributed by atoms with van der Waals surface area (Å²) < 4.78 is 19.4. The monoisotopic (exact) mass is 288 g/mol. The minimum Gasteiger partial charge on any atom is -0.496 e. The first-order chi connectivity index (χ1) is 10.0. The zero-order chi connectivity index (χ0) is 15.4. The van der Waals surface area contributed by atoms with Gasteiger partial charge in [0.2, 0.25) is 0 Å². The maximum absolute atomic E-state index is 14.2. The molecule has 1 unspecified atom stereocenters. The average molecular weight is 288 g/mol. The topological polar surface area (TPSA) is 47.3 Å². The van der Waals surface area contributed by atoms with Gasteiger partial charge in [-0.15, -0.1) is 0 Å². The van der Waals surface area contributed by atoms with Gasteiger partial charge in [0, 0.05) is 5.56 Å². The molecule has 0 aliphatic rings. The summed E-state index contributed by atoms with van der Waals surface area (Å²) in [5.74, 6) is 5.83. The second-order valence-corrected chi connectivity index (χ2v) is 5.28. The third kappa shape index (κ3) is 3.60. The number of methoxy groups -OCH3 is 1. The number of rotatable bonds is 5. The Morgan fingerprint density at radius 3 is 2.43 bits per heavy atom. The van der Waals surface area contributed by atoms with Crippen LogP contribution in [0.5, 0.6) is 5.75 Å². The standard InChI is InChI=1S/C17H21FN2O/c1-11-7-12(2)9-13(8-11)10-15(20-19)17-14(18)5-4-6-16(17)21-3/h4-9,15,20H,10,19H2,1-3H3. The molecule has 0 radical (unpaired) electrons. The van der Waals surface area contributed by atoms with Gasteiger partial charge in [-0.1, -0.05) is 35.4 Å². The van der Waals surface area contributed by atoms with Crippen LogP contribution in [0.2, 0.25) is 0 Å². The van der Waals surface area contributed by atoms with Gasteiger partial charge in [-0.3, -0.25) is 11.3 Å². The highest BCUT2D eigenvalue weighted by atomic mass is 19.1. The van der Waals surface area contributed by atoms with Crippen LogP contribution < -0.4 is 16.0 Å². The van der Waals surface area contributed by atoms with Crippen LogP contribution in [0.3, 0.4) is 0 Å². The molecule has 2 rings (SSSR count). The molecular weight excluding hydrogens is 267 g/mol. The van der Waals surface area contributed by atoms with Crippen LogP contribution in [-0.4, -0.2) is 7.11 Å². The number of hydrazine groups is 1. The molecule has 0 bridgehead atoms. The lowest BCUT2D eigenvalue weighted by Gasteiger charge is -2.20. The van der Waals surface area contributed by atoms with Crippen molar-refractivity contribution >= 4 is 0 Å². The largest absolute Gasteiger partial charge is 0.496 e. The molecule has 4 heteroatoms. The summed E-state index contributed by atoms with van der Waals surface area (Å²) in [4.78, 5) is 0. The molecule has 2 aromatic rings. The summed E-state index contributed by atoms with van der Waals surface area (Å²) in [5.41, 5.74) is 6.64. The molecule has 112 valence electrons. The van der Waals surface area contributed by atoms with Crippen molar-refractivity contribution in [1.82, 2.24) is 5.43 Å². The number of hydrogen-bond acceptors (Lipinski definition) is 3. The lowest BCUT2D eigenvalue weighted by atomic mass is 9.96. The molecule has 1 atom stereocenters. The van der Waals surface area contributed by atoms with Gasteiger partial charge in [-0.2, -0.15) is 0 Å². The Morgan fingerprint density at radius 2 is 1.86 bits per heavy atom. The van der Waals surface area contributed by atoms with Crippen LogP contribution in [0, 0.1) is 19.7 Å². The van der Waals surface area contributed by atoms with Crippen LogP contribution >= 0.6 is 0 Å². The summed E-state index contributed by atoms with van der Waals surface area (Å²) >= 11 is 0. The fourth-order valence-electron chi connectivity index (χ4n) is 2.70. The first-order valence-electron chi connectivity index (χ1n) is 6.91. The highest BCUT2D eigenvalue weighted by Crippen LogP contribution is 2.30. The van der Waals surface area contributed by atoms with E-state index in [1.165, 1.54) is 24.3 Å². The number of nitrogens with two attached hydrogens (primary N) is 1. The maximum atomic E-state index is 14.2. The van der Waals surface area contributed by atoms with E-state index in [2.05, 4.69) is 23.6 Å². The Kier molecular flexibility index (Phi) is 4.94. The van der Waals surface area contributed by atoms with Gasteiger partial charge in [0.05, 0.1) is 13.2 Å². The molecule has 0 aliphatic heterocycles. The van der Waals surface area contributed by atoms with E-state index in [9.17, 15) is 4.39 Å². The molecule has 3 N–H and O–H groups in total. The zero-order valence-electron chi connectivity index (χ0n) is 12.6. The summed E-state index contributed by atoms with van der Waals surface area (Å²) in [7, 11) is 1.53. The summed E-state index contributed by atoms with van der Waals surface area (Å²) in [5, 5.41) is 0. The zero-order valence-corrected chi connectivity index (χ0v) is 12.6. The van der Waals surface area contributed by atoms with Crippen LogP contribution in [0.15, 0.2) is 36.4 Å². The van der Waals surface area contributed by atoms with Crippen molar-refractivity contribution in [3.63, 3.8) is 0 Å². The Balaban J connectivity index is 2.36. The molecule has 0 aromatic heterocycles. The fourth-order valence-corrected chi connectivity index (χ4v) is 2.70. The van der Waals surface area contributed by atoms with E-state index >= 15 is 0 Å². The van der Waals surface area contributed by atoms with E-state index in [0.717, 1.165) is 5.56 Å². The van der Waals surface area contributed by atoms with Gasteiger partial charge < -0.3 is 4.74 Å². The van der Waals surface area contributed by atoms with E-state index in [4.69, 9.17) is 10.6 Å². The maximum Gasteiger partial charge on any atom is 0.131 e. The highest BCUT2D eigenvalue weighted by Gasteiger charge is 2.20. The molecular formula is C17H21FN2O. The lowest BCUT2D eigenvalue weighted by molar-refractivity contribution is 0.390. The normalized spacial score (nSPS) is 12.2. The summed E-state index contributed by atoms with van der Waals surface area (Å²) in [6, 6.07) is 10.7. The van der Waals surface area contributed by atoms with Crippen molar-refractivity contribution in [3.8, 4) is 5.75 Å². The van der Waals surface area contributed by atoms with Gasteiger partial charge in [0.25, 0.3) is 0 Å². The molecule has 0 aliphatic carbocycles. The van der Waals surface area contributed by atoms with E-state index in [1.807, 2.05) is 13.8 Å². The minimum atomic E-state index is -0.345. The van der Waals surface area contributed by atoms with E-state index < -0.39 is 0 Å². The average Bonchev–Trinajstić information content (AvgIpc) is 2.44. The molecule has 0 heterocycles. The van der Waals surface area contributed by atoms with Crippen molar-refractivity contribution in [3.05, 3.63) is 64.5 Å². The smallest absolute Gasteiger partial charge is 0.131 e. The molecule has 21 heavy (non-hydrogen) atoms. The van der Waals surface area contributed by atoms with Crippen LogP contribution in [0.4, 0.5) is 4.39 Å². The van der Waals surface area contributed by atoms with Crippen LogP contribution in [0.1, 0.15) is 28.3 Å². The van der Waals surface area contributed by atoms with Crippen molar-refractivity contribution < 1.29 is 9.13 Å². The fraction of sp³-hybridized carbons (Fsp3) is 0.294. The molecule has 0 saturated carbocycles. The Bertz CT molecular complexity index is 608. The van der Waals surface area contributed by atoms with Crippen molar-refractivity contribution in [2.75, 3.05) is 7.11 Å². The second-order valence-electron chi connectivity index (χ2n) is 5.28. The van der Waals surface area contributed by atoms with Crippen LogP contribution in [0.25, 0.3) is 0 Å². The SMILES string of the molecule is COc1cccc(F)c1C(Cc1cc(C)cc(C)c1)NN. The third-order valence-electron chi connectivity index (χ3n) is 3.50. The highest BCUT2D eigenvalue weighted by molar-refractivity contribution is 5.39. The van der Waals surface area contributed by atoms with E-state index in [1.54, 1.807) is 12.1 Å². The number of nitrogens with one attached hydrogen (secondary N) is 1. The molecule has 0 saturated heterocycles. The number of benzene rings is 2. The van der Waals surface area contributed by atoms with Crippen molar-refractivity contribution in [2.24, 2.45) is 5.84 Å².